The van der Waals surface area contributed by atoms with Crippen molar-refractivity contribution in [3.63, 3.8) is 0 Å². The summed E-state index contributed by atoms with van der Waals surface area (Å²) in [7, 11) is 0. The summed E-state index contributed by atoms with van der Waals surface area (Å²) in [5.41, 5.74) is 0.900. The van der Waals surface area contributed by atoms with Crippen molar-refractivity contribution < 1.29 is 13.6 Å². The highest BCUT2D eigenvalue weighted by Crippen LogP contribution is 2.63. The first-order valence-corrected chi connectivity index (χ1v) is 12.0. The molecule has 9 heteroatoms. The highest BCUT2D eigenvalue weighted by molar-refractivity contribution is 5.93. The number of fused-ring (bicyclic) bond motifs is 2. The lowest BCUT2D eigenvalue weighted by atomic mass is 9.95. The quantitative estimate of drug-likeness (QED) is 0.608. The molecule has 1 aromatic carbocycles. The largest absolute Gasteiger partial charge is 0.346 e. The van der Waals surface area contributed by atoms with Crippen LogP contribution >= 0.6 is 0 Å². The fourth-order valence-corrected chi connectivity index (χ4v) is 5.90. The van der Waals surface area contributed by atoms with E-state index in [9.17, 15) is 13.6 Å². The van der Waals surface area contributed by atoms with Crippen LogP contribution in [0.5, 0.6) is 0 Å². The number of hydrogen-bond donors (Lipinski definition) is 1. The molecule has 2 amide bonds. The van der Waals surface area contributed by atoms with E-state index < -0.39 is 11.4 Å². The predicted molar refractivity (Wildman–Crippen MR) is 125 cm³/mol. The maximum atomic E-state index is 14.7. The molecule has 3 aromatic rings. The molecular weight excluding hydrogens is 438 g/mol. The van der Waals surface area contributed by atoms with Crippen molar-refractivity contribution in [3.8, 4) is 0 Å². The van der Waals surface area contributed by atoms with Crippen LogP contribution in [0.2, 0.25) is 0 Å². The third-order valence-electron chi connectivity index (χ3n) is 7.98. The van der Waals surface area contributed by atoms with Gasteiger partial charge in [0.25, 0.3) is 0 Å². The first-order valence-electron chi connectivity index (χ1n) is 12.0. The van der Waals surface area contributed by atoms with Gasteiger partial charge < -0.3 is 15.1 Å². The fraction of sp³-hybridized carbons (Fsp3) is 0.480. The molecule has 2 aliphatic heterocycles. The Balaban J connectivity index is 1.29. The number of amides is 2. The Hall–Kier alpha value is -3.23. The third kappa shape index (κ3) is 3.24. The zero-order valence-electron chi connectivity index (χ0n) is 19.3. The van der Waals surface area contributed by atoms with Crippen molar-refractivity contribution in [2.75, 3.05) is 29.9 Å². The van der Waals surface area contributed by atoms with Crippen LogP contribution < -0.4 is 10.2 Å². The first-order chi connectivity index (χ1) is 16.4. The minimum Gasteiger partial charge on any atom is -0.346 e. The predicted octanol–water partition coefficient (Wildman–Crippen LogP) is 4.64. The highest BCUT2D eigenvalue weighted by Gasteiger charge is 2.64. The molecule has 3 fully saturated rings. The van der Waals surface area contributed by atoms with E-state index in [1.54, 1.807) is 16.9 Å². The number of carbonyl (C=O) groups is 1. The van der Waals surface area contributed by atoms with Crippen LogP contribution in [0.4, 0.5) is 25.1 Å². The lowest BCUT2D eigenvalue weighted by Gasteiger charge is -2.30. The number of piperidine rings is 1. The van der Waals surface area contributed by atoms with Gasteiger partial charge in [-0.05, 0) is 61.3 Å². The van der Waals surface area contributed by atoms with Crippen LogP contribution in [-0.2, 0) is 5.54 Å². The van der Waals surface area contributed by atoms with Crippen molar-refractivity contribution >= 4 is 23.2 Å². The molecule has 2 aromatic heterocycles. The van der Waals surface area contributed by atoms with Gasteiger partial charge in [-0.3, -0.25) is 0 Å². The molecule has 0 radical (unpaired) electrons. The van der Waals surface area contributed by atoms with Gasteiger partial charge in [0.1, 0.15) is 23.1 Å². The summed E-state index contributed by atoms with van der Waals surface area (Å²) in [6, 6.07) is 5.37. The van der Waals surface area contributed by atoms with Crippen molar-refractivity contribution in [2.45, 2.75) is 38.6 Å². The molecule has 0 spiro atoms. The molecule has 34 heavy (non-hydrogen) atoms. The van der Waals surface area contributed by atoms with E-state index in [1.165, 1.54) is 12.1 Å². The summed E-state index contributed by atoms with van der Waals surface area (Å²) in [5.74, 6) is 1.18. The number of likely N-dealkylation sites (tertiary alicyclic amines) is 1. The number of carbonyl (C=O) groups excluding carboxylic acids is 1. The number of urea groups is 1. The van der Waals surface area contributed by atoms with E-state index in [4.69, 9.17) is 4.98 Å². The normalized spacial score (nSPS) is 25.9. The van der Waals surface area contributed by atoms with Crippen molar-refractivity contribution in [1.82, 2.24) is 19.5 Å². The van der Waals surface area contributed by atoms with Crippen LogP contribution in [0.25, 0.3) is 5.65 Å². The lowest BCUT2D eigenvalue weighted by molar-refractivity contribution is 0.219. The van der Waals surface area contributed by atoms with Gasteiger partial charge >= 0.3 is 6.03 Å². The summed E-state index contributed by atoms with van der Waals surface area (Å²) in [4.78, 5) is 21.6. The smallest absolute Gasteiger partial charge is 0.322 e. The summed E-state index contributed by atoms with van der Waals surface area (Å²) >= 11 is 0. The van der Waals surface area contributed by atoms with Gasteiger partial charge in [-0.1, -0.05) is 13.8 Å². The minimum atomic E-state index is -0.567. The van der Waals surface area contributed by atoms with Gasteiger partial charge in [-0.15, -0.1) is 0 Å². The Kier molecular flexibility index (Phi) is 4.79. The van der Waals surface area contributed by atoms with E-state index in [1.807, 2.05) is 11.0 Å². The summed E-state index contributed by atoms with van der Waals surface area (Å²) < 4.78 is 30.4. The second-order valence-electron chi connectivity index (χ2n) is 10.2. The number of aromatic nitrogens is 3. The zero-order chi connectivity index (χ0) is 23.6. The van der Waals surface area contributed by atoms with Crippen molar-refractivity contribution in [3.05, 3.63) is 53.9 Å². The van der Waals surface area contributed by atoms with Crippen LogP contribution in [0, 0.1) is 29.4 Å². The second kappa shape index (κ2) is 7.65. The standard InChI is InChI=1S/C25H28F2N6O/c1-15(2)16-5-8-31(14-16)24(34)29-21-13-28-33-10-7-22(30-23(21)33)32-9-6-17-12-25(17,32)19-11-18(26)3-4-20(19)27/h3-4,7,10-11,13,15-17H,5-6,8-9,12,14H2,1-2H3,(H,29,34)/t16?,17-,25+/m0/s1. The van der Waals surface area contributed by atoms with E-state index in [-0.39, 0.29) is 17.8 Å². The number of rotatable bonds is 4. The summed E-state index contributed by atoms with van der Waals surface area (Å²) in [6.45, 7) is 6.58. The average Bonchev–Trinajstić information content (AvgIpc) is 3.19. The Morgan fingerprint density at radius 1 is 1.21 bits per heavy atom. The molecule has 3 aliphatic rings. The molecule has 1 aliphatic carbocycles. The maximum Gasteiger partial charge on any atom is 0.322 e. The van der Waals surface area contributed by atoms with Gasteiger partial charge in [0.15, 0.2) is 5.65 Å². The second-order valence-corrected chi connectivity index (χ2v) is 10.2. The molecule has 1 unspecified atom stereocenters. The number of halogens is 2. The molecule has 3 atom stereocenters. The number of nitrogens with one attached hydrogen (secondary N) is 1. The van der Waals surface area contributed by atoms with Crippen molar-refractivity contribution in [1.29, 1.82) is 0 Å². The summed E-state index contributed by atoms with van der Waals surface area (Å²) in [5, 5.41) is 7.31. The highest BCUT2D eigenvalue weighted by atomic mass is 19.1. The van der Waals surface area contributed by atoms with Gasteiger partial charge in [0.2, 0.25) is 0 Å². The van der Waals surface area contributed by atoms with E-state index in [0.717, 1.165) is 38.4 Å². The molecule has 1 saturated carbocycles. The third-order valence-corrected chi connectivity index (χ3v) is 7.98. The number of hydrogen-bond acceptors (Lipinski definition) is 4. The minimum absolute atomic E-state index is 0.146. The molecule has 1 N–H and O–H groups in total. The van der Waals surface area contributed by atoms with Gasteiger partial charge in [-0.25, -0.2) is 23.1 Å². The topological polar surface area (TPSA) is 65.8 Å². The number of benzene rings is 1. The Morgan fingerprint density at radius 3 is 2.82 bits per heavy atom. The average molecular weight is 467 g/mol. The SMILES string of the molecule is CC(C)C1CCN(C(=O)Nc2cnn3ccc(N4CC[C@H]5C[C@]54c4cc(F)ccc4F)nc23)C1. The fourth-order valence-electron chi connectivity index (χ4n) is 5.90. The van der Waals surface area contributed by atoms with E-state index in [2.05, 4.69) is 29.2 Å². The van der Waals surface area contributed by atoms with Gasteiger partial charge in [-0.2, -0.15) is 5.10 Å². The molecule has 0 bridgehead atoms. The molecule has 4 heterocycles. The van der Waals surface area contributed by atoms with E-state index in [0.29, 0.717) is 41.1 Å². The van der Waals surface area contributed by atoms with E-state index >= 15 is 0 Å². The van der Waals surface area contributed by atoms with Gasteiger partial charge in [0, 0.05) is 31.4 Å². The van der Waals surface area contributed by atoms with Gasteiger partial charge in [0.05, 0.1) is 11.7 Å². The number of nitrogens with zero attached hydrogens (tertiary/aromatic N) is 5. The first kappa shape index (κ1) is 21.3. The summed E-state index contributed by atoms with van der Waals surface area (Å²) in [6.07, 6.45) is 6.08. The Morgan fingerprint density at radius 2 is 2.06 bits per heavy atom. The monoisotopic (exact) mass is 466 g/mol. The zero-order valence-corrected chi connectivity index (χ0v) is 19.3. The molecule has 6 rings (SSSR count). The lowest BCUT2D eigenvalue weighted by Crippen LogP contribution is -2.34. The van der Waals surface area contributed by atoms with Crippen LogP contribution in [0.15, 0.2) is 36.7 Å². The van der Waals surface area contributed by atoms with Crippen molar-refractivity contribution in [2.24, 2.45) is 17.8 Å². The maximum absolute atomic E-state index is 14.7. The molecule has 7 nitrogen and oxygen atoms in total. The molecular formula is C25H28F2N6O. The molecule has 2 saturated heterocycles. The molecule has 178 valence electrons. The van der Waals surface area contributed by atoms with Crippen LogP contribution in [0.3, 0.4) is 0 Å². The number of anilines is 2. The van der Waals surface area contributed by atoms with Crippen LogP contribution in [0.1, 0.15) is 38.7 Å². The van der Waals surface area contributed by atoms with Crippen LogP contribution in [-0.4, -0.2) is 45.2 Å². The Bertz CT molecular complexity index is 1280. The Labute approximate surface area is 196 Å².